The molecule has 1 fully saturated rings. The van der Waals surface area contributed by atoms with E-state index in [2.05, 4.69) is 10.3 Å². The van der Waals surface area contributed by atoms with Gasteiger partial charge in [-0.3, -0.25) is 4.79 Å². The Morgan fingerprint density at radius 3 is 3.05 bits per heavy atom. The summed E-state index contributed by atoms with van der Waals surface area (Å²) in [6.07, 6.45) is 1.25. The maximum atomic E-state index is 11.8. The molecule has 104 valence electrons. The number of hydrogen-bond donors (Lipinski definition) is 1. The third-order valence-corrected chi connectivity index (χ3v) is 3.06. The molecule has 0 spiro atoms. The zero-order chi connectivity index (χ0) is 14.0. The first kappa shape index (κ1) is 13.4. The van der Waals surface area contributed by atoms with E-state index in [0.717, 1.165) is 0 Å². The zero-order valence-electron chi connectivity index (χ0n) is 11.2. The minimum absolute atomic E-state index is 0.102. The molecule has 2 heterocycles. The predicted molar refractivity (Wildman–Crippen MR) is 66.9 cm³/mol. The first-order chi connectivity index (χ1) is 8.96. The highest BCUT2D eigenvalue weighted by molar-refractivity contribution is 5.90. The van der Waals surface area contributed by atoms with Crippen LogP contribution in [0.5, 0.6) is 0 Å². The van der Waals surface area contributed by atoms with Gasteiger partial charge in [-0.15, -0.1) is 0 Å². The second-order valence-corrected chi connectivity index (χ2v) is 4.70. The Labute approximate surface area is 110 Å². The fourth-order valence-electron chi connectivity index (χ4n) is 1.92. The Hall–Kier alpha value is -2.05. The molecular weight excluding hydrogens is 250 g/mol. The number of hydrogen-bond acceptors (Lipinski definition) is 6. The van der Waals surface area contributed by atoms with Crippen LogP contribution in [0.25, 0.3) is 0 Å². The van der Waals surface area contributed by atoms with Crippen LogP contribution in [0.3, 0.4) is 0 Å². The van der Waals surface area contributed by atoms with E-state index >= 15 is 0 Å². The summed E-state index contributed by atoms with van der Waals surface area (Å²) in [7, 11) is 0. The fourth-order valence-corrected chi connectivity index (χ4v) is 1.92. The number of anilines is 1. The smallest absolute Gasteiger partial charge is 0.360 e. The fraction of sp³-hybridized carbons (Fsp3) is 0.583. The van der Waals surface area contributed by atoms with Gasteiger partial charge < -0.3 is 19.4 Å². The van der Waals surface area contributed by atoms with E-state index in [0.29, 0.717) is 13.1 Å². The molecule has 0 aromatic carbocycles. The molecule has 0 bridgehead atoms. The minimum Gasteiger partial charge on any atom is -0.461 e. The molecule has 1 aliphatic heterocycles. The molecule has 0 aliphatic carbocycles. The van der Waals surface area contributed by atoms with Gasteiger partial charge in [-0.05, 0) is 20.8 Å². The number of nitrogens with one attached hydrogen (secondary N) is 1. The summed E-state index contributed by atoms with van der Waals surface area (Å²) in [6.45, 7) is 6.63. The van der Waals surface area contributed by atoms with Gasteiger partial charge in [-0.2, -0.15) is 4.98 Å². The highest BCUT2D eigenvalue weighted by atomic mass is 16.5. The molecule has 1 amide bonds. The second-order valence-electron chi connectivity index (χ2n) is 4.70. The van der Waals surface area contributed by atoms with Crippen molar-refractivity contribution >= 4 is 17.9 Å². The largest absolute Gasteiger partial charge is 0.461 e. The lowest BCUT2D eigenvalue weighted by molar-refractivity contribution is -0.126. The summed E-state index contributed by atoms with van der Waals surface area (Å²) in [4.78, 5) is 29.2. The van der Waals surface area contributed by atoms with E-state index in [4.69, 9.17) is 9.15 Å². The van der Waals surface area contributed by atoms with Crippen molar-refractivity contribution in [1.29, 1.82) is 0 Å². The zero-order valence-corrected chi connectivity index (χ0v) is 11.2. The highest BCUT2D eigenvalue weighted by Gasteiger charge is 2.40. The topological polar surface area (TPSA) is 84.7 Å². The molecule has 0 atom stereocenters. The number of carbonyl (C=O) groups is 2. The number of amides is 1. The van der Waals surface area contributed by atoms with Gasteiger partial charge in [0.2, 0.25) is 5.91 Å². The quantitative estimate of drug-likeness (QED) is 0.806. The number of ether oxygens (including phenoxy) is 1. The van der Waals surface area contributed by atoms with Gasteiger partial charge in [-0.1, -0.05) is 0 Å². The van der Waals surface area contributed by atoms with Gasteiger partial charge in [0.15, 0.2) is 5.69 Å². The summed E-state index contributed by atoms with van der Waals surface area (Å²) >= 11 is 0. The van der Waals surface area contributed by atoms with Crippen LogP contribution in [0.4, 0.5) is 6.01 Å². The first-order valence-corrected chi connectivity index (χ1v) is 6.15. The summed E-state index contributed by atoms with van der Waals surface area (Å²) in [5, 5.41) is 2.78. The van der Waals surface area contributed by atoms with Gasteiger partial charge in [0.1, 0.15) is 11.8 Å². The van der Waals surface area contributed by atoms with Crippen LogP contribution in [-0.2, 0) is 9.53 Å². The van der Waals surface area contributed by atoms with E-state index in [1.807, 2.05) is 0 Å². The van der Waals surface area contributed by atoms with Gasteiger partial charge in [0, 0.05) is 13.1 Å². The molecule has 7 nitrogen and oxygen atoms in total. The predicted octanol–water partition coefficient (Wildman–Crippen LogP) is 0.566. The SMILES string of the molecule is CCOC(=O)c1coc(N2CCNC(=O)C2(C)C)n1. The van der Waals surface area contributed by atoms with Crippen molar-refractivity contribution in [3.05, 3.63) is 12.0 Å². The molecule has 1 N–H and O–H groups in total. The van der Waals surface area contributed by atoms with E-state index in [9.17, 15) is 9.59 Å². The van der Waals surface area contributed by atoms with E-state index in [1.54, 1.807) is 25.7 Å². The van der Waals surface area contributed by atoms with Gasteiger partial charge in [0.25, 0.3) is 6.01 Å². The summed E-state index contributed by atoms with van der Waals surface area (Å²) in [6, 6.07) is 0.253. The van der Waals surface area contributed by atoms with E-state index in [-0.39, 0.29) is 24.2 Å². The van der Waals surface area contributed by atoms with Crippen molar-refractivity contribution in [1.82, 2.24) is 10.3 Å². The van der Waals surface area contributed by atoms with Crippen LogP contribution in [0, 0.1) is 0 Å². The lowest BCUT2D eigenvalue weighted by Crippen LogP contribution is -2.62. The molecule has 19 heavy (non-hydrogen) atoms. The van der Waals surface area contributed by atoms with Crippen LogP contribution in [0.1, 0.15) is 31.3 Å². The molecule has 1 aromatic rings. The number of oxazole rings is 1. The van der Waals surface area contributed by atoms with Crippen molar-refractivity contribution in [2.45, 2.75) is 26.3 Å². The normalized spacial score (nSPS) is 18.1. The van der Waals surface area contributed by atoms with Gasteiger partial charge in [0.05, 0.1) is 6.61 Å². The lowest BCUT2D eigenvalue weighted by atomic mass is 10.00. The number of carbonyl (C=O) groups excluding carboxylic acids is 2. The second kappa shape index (κ2) is 4.91. The third-order valence-electron chi connectivity index (χ3n) is 3.06. The minimum atomic E-state index is -0.769. The Balaban J connectivity index is 2.22. The molecule has 0 radical (unpaired) electrons. The molecule has 1 aromatic heterocycles. The van der Waals surface area contributed by atoms with Gasteiger partial charge in [-0.25, -0.2) is 4.79 Å². The molecule has 1 saturated heterocycles. The highest BCUT2D eigenvalue weighted by Crippen LogP contribution is 2.25. The maximum absolute atomic E-state index is 11.8. The molecule has 7 heteroatoms. The number of piperazine rings is 1. The Bertz CT molecular complexity index is 495. The van der Waals surface area contributed by atoms with Crippen molar-refractivity contribution in [3.8, 4) is 0 Å². The van der Waals surface area contributed by atoms with E-state index < -0.39 is 11.5 Å². The summed E-state index contributed by atoms with van der Waals surface area (Å²) in [5.41, 5.74) is -0.659. The average Bonchev–Trinajstić information content (AvgIpc) is 2.82. The number of aromatic nitrogens is 1. The Morgan fingerprint density at radius 1 is 1.63 bits per heavy atom. The summed E-state index contributed by atoms with van der Waals surface area (Å²) in [5.74, 6) is -0.633. The molecule has 2 rings (SSSR count). The van der Waals surface area contributed by atoms with E-state index in [1.165, 1.54) is 6.26 Å². The number of nitrogens with zero attached hydrogens (tertiary/aromatic N) is 2. The van der Waals surface area contributed by atoms with Crippen LogP contribution in [0.2, 0.25) is 0 Å². The number of rotatable bonds is 3. The molecule has 1 aliphatic rings. The maximum Gasteiger partial charge on any atom is 0.360 e. The monoisotopic (exact) mass is 267 g/mol. The third kappa shape index (κ3) is 2.40. The standard InChI is InChI=1S/C12H17N3O4/c1-4-18-9(16)8-7-19-11(14-8)15-6-5-13-10(17)12(15,2)3/h7H,4-6H2,1-3H3,(H,13,17). The van der Waals surface area contributed by atoms with Gasteiger partial charge >= 0.3 is 5.97 Å². The van der Waals surface area contributed by atoms with Crippen LogP contribution < -0.4 is 10.2 Å². The van der Waals surface area contributed by atoms with Crippen molar-refractivity contribution in [3.63, 3.8) is 0 Å². The molecular formula is C12H17N3O4. The lowest BCUT2D eigenvalue weighted by Gasteiger charge is -2.39. The molecule has 0 unspecified atom stereocenters. The number of esters is 1. The van der Waals surface area contributed by atoms with Crippen molar-refractivity contribution in [2.75, 3.05) is 24.6 Å². The first-order valence-electron chi connectivity index (χ1n) is 6.15. The summed E-state index contributed by atoms with van der Waals surface area (Å²) < 4.78 is 10.1. The Kier molecular flexibility index (Phi) is 3.46. The average molecular weight is 267 g/mol. The Morgan fingerprint density at radius 2 is 2.37 bits per heavy atom. The molecule has 0 saturated carbocycles. The van der Waals surface area contributed by atoms with Crippen molar-refractivity contribution < 1.29 is 18.7 Å². The van der Waals surface area contributed by atoms with Crippen molar-refractivity contribution in [2.24, 2.45) is 0 Å². The van der Waals surface area contributed by atoms with Crippen LogP contribution in [0.15, 0.2) is 10.7 Å². The van der Waals surface area contributed by atoms with Crippen LogP contribution >= 0.6 is 0 Å². The van der Waals surface area contributed by atoms with Crippen LogP contribution in [-0.4, -0.2) is 42.1 Å².